The van der Waals surface area contributed by atoms with Crippen LogP contribution in [-0.2, 0) is 11.3 Å². The lowest BCUT2D eigenvalue weighted by Crippen LogP contribution is -2.44. The van der Waals surface area contributed by atoms with Crippen LogP contribution >= 0.6 is 0 Å². The van der Waals surface area contributed by atoms with Crippen molar-refractivity contribution >= 4 is 6.09 Å². The van der Waals surface area contributed by atoms with Crippen molar-refractivity contribution in [3.63, 3.8) is 0 Å². The molecule has 0 bridgehead atoms. The lowest BCUT2D eigenvalue weighted by atomic mass is 9.74. The van der Waals surface area contributed by atoms with E-state index in [9.17, 15) is 9.18 Å². The van der Waals surface area contributed by atoms with Crippen molar-refractivity contribution in [2.75, 3.05) is 13.1 Å². The van der Waals surface area contributed by atoms with Crippen LogP contribution in [0.5, 0.6) is 0 Å². The van der Waals surface area contributed by atoms with Gasteiger partial charge in [-0.3, -0.25) is 0 Å². The van der Waals surface area contributed by atoms with Gasteiger partial charge in [0.25, 0.3) is 0 Å². The number of hydrogen-bond acceptors (Lipinski definition) is 2. The molecule has 0 aromatic heterocycles. The Labute approximate surface area is 132 Å². The predicted molar refractivity (Wildman–Crippen MR) is 85.3 cm³/mol. The molecular weight excluding hydrogens is 281 g/mol. The first-order chi connectivity index (χ1) is 10.3. The molecule has 1 aromatic rings. The molecular formula is C18H26FNO2. The summed E-state index contributed by atoms with van der Waals surface area (Å²) < 4.78 is 19.2. The average molecular weight is 307 g/mol. The molecule has 1 fully saturated rings. The van der Waals surface area contributed by atoms with E-state index >= 15 is 0 Å². The summed E-state index contributed by atoms with van der Waals surface area (Å²) in [5, 5.41) is 0. The van der Waals surface area contributed by atoms with E-state index in [1.54, 1.807) is 18.7 Å². The number of halogens is 1. The van der Waals surface area contributed by atoms with Gasteiger partial charge in [0.1, 0.15) is 12.3 Å². The van der Waals surface area contributed by atoms with Gasteiger partial charge in [0.15, 0.2) is 0 Å². The molecule has 1 aliphatic rings. The van der Waals surface area contributed by atoms with E-state index in [-0.39, 0.29) is 11.5 Å². The fourth-order valence-corrected chi connectivity index (χ4v) is 3.23. The maximum Gasteiger partial charge on any atom is 0.410 e. The number of carbonyl (C=O) groups excluding carboxylic acids is 1. The Morgan fingerprint density at radius 3 is 2.41 bits per heavy atom. The van der Waals surface area contributed by atoms with Crippen LogP contribution in [0.15, 0.2) is 30.3 Å². The van der Waals surface area contributed by atoms with Crippen LogP contribution in [0.25, 0.3) is 0 Å². The smallest absolute Gasteiger partial charge is 0.410 e. The molecule has 1 aliphatic heterocycles. The summed E-state index contributed by atoms with van der Waals surface area (Å²) in [5.41, 5.74) is -0.212. The second-order valence-electron chi connectivity index (χ2n) is 7.23. The zero-order valence-electron chi connectivity index (χ0n) is 13.8. The number of alkyl halides is 1. The molecule has 0 radical (unpaired) electrons. The van der Waals surface area contributed by atoms with Gasteiger partial charge in [0.2, 0.25) is 0 Å². The summed E-state index contributed by atoms with van der Waals surface area (Å²) in [7, 11) is 0. The molecule has 2 rings (SSSR count). The number of carbonyl (C=O) groups is 1. The molecule has 0 spiro atoms. The Balaban J connectivity index is 1.80. The maximum absolute atomic E-state index is 13.9. The van der Waals surface area contributed by atoms with Gasteiger partial charge in [0.05, 0.1) is 0 Å². The summed E-state index contributed by atoms with van der Waals surface area (Å²) in [4.78, 5) is 13.8. The molecule has 1 saturated heterocycles. The first kappa shape index (κ1) is 16.8. The molecule has 122 valence electrons. The van der Waals surface area contributed by atoms with Crippen molar-refractivity contribution in [2.45, 2.75) is 52.3 Å². The summed E-state index contributed by atoms with van der Waals surface area (Å²) in [6.07, 6.45) is 1.90. The quantitative estimate of drug-likeness (QED) is 0.816. The summed E-state index contributed by atoms with van der Waals surface area (Å²) >= 11 is 0. The van der Waals surface area contributed by atoms with E-state index in [1.165, 1.54) is 0 Å². The number of benzene rings is 1. The number of piperidine rings is 1. The van der Waals surface area contributed by atoms with Crippen molar-refractivity contribution in [2.24, 2.45) is 5.41 Å². The number of nitrogens with zero attached hydrogens (tertiary/aromatic N) is 1. The van der Waals surface area contributed by atoms with Crippen molar-refractivity contribution in [1.82, 2.24) is 4.90 Å². The minimum Gasteiger partial charge on any atom is -0.445 e. The molecule has 0 N–H and O–H groups in total. The van der Waals surface area contributed by atoms with E-state index in [0.29, 0.717) is 26.1 Å². The average Bonchev–Trinajstić information content (AvgIpc) is 2.44. The Kier molecular flexibility index (Phi) is 5.09. The highest BCUT2D eigenvalue weighted by molar-refractivity contribution is 5.67. The van der Waals surface area contributed by atoms with Gasteiger partial charge < -0.3 is 9.64 Å². The van der Waals surface area contributed by atoms with Crippen LogP contribution in [0.2, 0.25) is 0 Å². The van der Waals surface area contributed by atoms with Gasteiger partial charge in [-0.2, -0.15) is 0 Å². The van der Waals surface area contributed by atoms with Crippen LogP contribution in [0.4, 0.5) is 9.18 Å². The third-order valence-corrected chi connectivity index (χ3v) is 4.28. The predicted octanol–water partition coefficient (Wildman–Crippen LogP) is 4.56. The van der Waals surface area contributed by atoms with Crippen molar-refractivity contribution in [3.8, 4) is 0 Å². The number of amides is 1. The van der Waals surface area contributed by atoms with E-state index in [1.807, 2.05) is 30.3 Å². The number of ether oxygens (including phenoxy) is 1. The van der Waals surface area contributed by atoms with Crippen LogP contribution in [-0.4, -0.2) is 29.8 Å². The van der Waals surface area contributed by atoms with Gasteiger partial charge in [-0.15, -0.1) is 0 Å². The van der Waals surface area contributed by atoms with Crippen LogP contribution in [0, 0.1) is 5.41 Å². The van der Waals surface area contributed by atoms with Crippen molar-refractivity contribution in [1.29, 1.82) is 0 Å². The van der Waals surface area contributed by atoms with Crippen LogP contribution < -0.4 is 0 Å². The lowest BCUT2D eigenvalue weighted by Gasteiger charge is -2.41. The molecule has 0 aliphatic carbocycles. The summed E-state index contributed by atoms with van der Waals surface area (Å²) in [6.45, 7) is 6.93. The van der Waals surface area contributed by atoms with E-state index in [0.717, 1.165) is 18.4 Å². The van der Waals surface area contributed by atoms with Gasteiger partial charge in [-0.25, -0.2) is 9.18 Å². The molecule has 4 heteroatoms. The lowest BCUT2D eigenvalue weighted by molar-refractivity contribution is 0.0403. The zero-order chi connectivity index (χ0) is 16.2. The van der Waals surface area contributed by atoms with Gasteiger partial charge in [-0.05, 0) is 44.1 Å². The summed E-state index contributed by atoms with van der Waals surface area (Å²) in [5.74, 6) is 0. The van der Waals surface area contributed by atoms with Gasteiger partial charge in [0, 0.05) is 13.1 Å². The SMILES string of the molecule is CC(C)(F)CC1(C)CCN(C(=O)OCc2ccccc2)CC1. The molecule has 1 aromatic carbocycles. The highest BCUT2D eigenvalue weighted by atomic mass is 19.1. The maximum atomic E-state index is 13.9. The van der Waals surface area contributed by atoms with E-state index in [4.69, 9.17) is 4.74 Å². The van der Waals surface area contributed by atoms with Gasteiger partial charge >= 0.3 is 6.09 Å². The standard InChI is InChI=1S/C18H26FNO2/c1-17(2,19)14-18(3)9-11-20(12-10-18)16(21)22-13-15-7-5-4-6-8-15/h4-8H,9-14H2,1-3H3. The largest absolute Gasteiger partial charge is 0.445 e. The highest BCUT2D eigenvalue weighted by Crippen LogP contribution is 2.39. The fourth-order valence-electron chi connectivity index (χ4n) is 3.23. The summed E-state index contributed by atoms with van der Waals surface area (Å²) in [6, 6.07) is 9.65. The Morgan fingerprint density at radius 1 is 1.27 bits per heavy atom. The Morgan fingerprint density at radius 2 is 1.86 bits per heavy atom. The minimum absolute atomic E-state index is 0.0333. The second-order valence-corrected chi connectivity index (χ2v) is 7.23. The minimum atomic E-state index is -1.16. The first-order valence-electron chi connectivity index (χ1n) is 7.92. The van der Waals surface area contributed by atoms with Crippen molar-refractivity contribution in [3.05, 3.63) is 35.9 Å². The van der Waals surface area contributed by atoms with Crippen molar-refractivity contribution < 1.29 is 13.9 Å². The van der Waals surface area contributed by atoms with Gasteiger partial charge in [-0.1, -0.05) is 37.3 Å². The van der Waals surface area contributed by atoms with Crippen LogP contribution in [0.3, 0.4) is 0 Å². The zero-order valence-corrected chi connectivity index (χ0v) is 13.8. The topological polar surface area (TPSA) is 29.5 Å². The molecule has 0 atom stereocenters. The van der Waals surface area contributed by atoms with E-state index < -0.39 is 5.67 Å². The third-order valence-electron chi connectivity index (χ3n) is 4.28. The number of hydrogen-bond donors (Lipinski definition) is 0. The molecule has 0 unspecified atom stereocenters. The highest BCUT2D eigenvalue weighted by Gasteiger charge is 2.37. The Hall–Kier alpha value is -1.58. The second kappa shape index (κ2) is 6.67. The molecule has 1 amide bonds. The normalized spacial score (nSPS) is 18.1. The van der Waals surface area contributed by atoms with Crippen LogP contribution in [0.1, 0.15) is 45.6 Å². The first-order valence-corrected chi connectivity index (χ1v) is 7.92. The monoisotopic (exact) mass is 307 g/mol. The molecule has 0 saturated carbocycles. The molecule has 3 nitrogen and oxygen atoms in total. The third kappa shape index (κ3) is 5.00. The molecule has 22 heavy (non-hydrogen) atoms. The molecule has 1 heterocycles. The number of rotatable bonds is 4. The van der Waals surface area contributed by atoms with E-state index in [2.05, 4.69) is 6.92 Å². The Bertz CT molecular complexity index is 488. The number of likely N-dealkylation sites (tertiary alicyclic amines) is 1. The fraction of sp³-hybridized carbons (Fsp3) is 0.611.